The van der Waals surface area contributed by atoms with Crippen LogP contribution in [0, 0.1) is 12.3 Å². The van der Waals surface area contributed by atoms with Gasteiger partial charge in [-0.25, -0.2) is 0 Å². The van der Waals surface area contributed by atoms with E-state index in [0.29, 0.717) is 12.8 Å². The predicted molar refractivity (Wildman–Crippen MR) is 118 cm³/mol. The number of benzene rings is 1. The molecule has 4 rings (SSSR count). The van der Waals surface area contributed by atoms with Gasteiger partial charge in [-0.3, -0.25) is 14.5 Å². The molecule has 2 heterocycles. The fraction of sp³-hybridized carbons (Fsp3) is 0.400. The van der Waals surface area contributed by atoms with E-state index < -0.39 is 0 Å². The molecular weight excluding hydrogens is 372 g/mol. The lowest BCUT2D eigenvalue weighted by Crippen LogP contribution is -2.37. The van der Waals surface area contributed by atoms with Gasteiger partial charge in [0.2, 0.25) is 5.91 Å². The second-order valence-corrected chi connectivity index (χ2v) is 9.13. The predicted octanol–water partition coefficient (Wildman–Crippen LogP) is 4.40. The quantitative estimate of drug-likeness (QED) is 0.665. The minimum absolute atomic E-state index is 0.00578. The minimum Gasteiger partial charge on any atom is -0.349 e. The number of nitrogens with zero attached hydrogens (tertiary/aromatic N) is 3. The van der Waals surface area contributed by atoms with Gasteiger partial charge in [-0.05, 0) is 49.3 Å². The summed E-state index contributed by atoms with van der Waals surface area (Å²) in [5.74, 6) is 0.0720. The Kier molecular flexibility index (Phi) is 5.71. The van der Waals surface area contributed by atoms with Gasteiger partial charge in [-0.15, -0.1) is 0 Å². The first-order valence-corrected chi connectivity index (χ1v) is 10.7. The first-order chi connectivity index (χ1) is 14.4. The van der Waals surface area contributed by atoms with Gasteiger partial charge in [0.25, 0.3) is 0 Å². The van der Waals surface area contributed by atoms with Crippen LogP contribution in [0.25, 0.3) is 0 Å². The Morgan fingerprint density at radius 2 is 1.97 bits per heavy atom. The van der Waals surface area contributed by atoms with Crippen LogP contribution in [-0.2, 0) is 24.2 Å². The van der Waals surface area contributed by atoms with Gasteiger partial charge in [0.05, 0.1) is 18.8 Å². The molecular formula is C25H30N4O. The average molecular weight is 403 g/mol. The summed E-state index contributed by atoms with van der Waals surface area (Å²) in [5, 5.41) is 7.95. The molecule has 0 bridgehead atoms. The standard InChI is InChI=1S/C25H30N4O/c1-18-8-7-11-20(27-18)12-13-24(30)28-22-14-25(2,3)15-23-21(22)16-26-29(23)17-19-9-5-4-6-10-19/h4-11,16,22H,12-15,17H2,1-3H3,(H,28,30). The summed E-state index contributed by atoms with van der Waals surface area (Å²) >= 11 is 0. The molecule has 5 heteroatoms. The second-order valence-electron chi connectivity index (χ2n) is 9.13. The zero-order chi connectivity index (χ0) is 21.1. The highest BCUT2D eigenvalue weighted by Crippen LogP contribution is 2.40. The Morgan fingerprint density at radius 1 is 1.17 bits per heavy atom. The summed E-state index contributed by atoms with van der Waals surface area (Å²) in [7, 11) is 0. The zero-order valence-electron chi connectivity index (χ0n) is 18.1. The van der Waals surface area contributed by atoms with Crippen molar-refractivity contribution in [3.05, 3.63) is 82.9 Å². The maximum atomic E-state index is 12.7. The normalized spacial score (nSPS) is 17.4. The lowest BCUT2D eigenvalue weighted by atomic mass is 9.74. The van der Waals surface area contributed by atoms with Crippen molar-refractivity contribution in [2.75, 3.05) is 0 Å². The highest BCUT2D eigenvalue weighted by atomic mass is 16.1. The molecule has 156 valence electrons. The molecule has 0 fully saturated rings. The van der Waals surface area contributed by atoms with Gasteiger partial charge in [-0.1, -0.05) is 50.2 Å². The molecule has 0 saturated heterocycles. The summed E-state index contributed by atoms with van der Waals surface area (Å²) in [6.45, 7) is 7.27. The molecule has 0 aliphatic heterocycles. The van der Waals surface area contributed by atoms with E-state index in [4.69, 9.17) is 0 Å². The largest absolute Gasteiger partial charge is 0.349 e. The van der Waals surface area contributed by atoms with E-state index in [1.165, 1.54) is 11.3 Å². The lowest BCUT2D eigenvalue weighted by Gasteiger charge is -2.36. The smallest absolute Gasteiger partial charge is 0.220 e. The SMILES string of the molecule is Cc1cccc(CCC(=O)NC2CC(C)(C)Cc3c2cnn3Cc2ccccc2)n1. The molecule has 0 spiro atoms. The van der Waals surface area contributed by atoms with Crippen molar-refractivity contribution in [2.24, 2.45) is 5.41 Å². The van der Waals surface area contributed by atoms with Gasteiger partial charge in [0, 0.05) is 29.1 Å². The van der Waals surface area contributed by atoms with Crippen LogP contribution in [0.2, 0.25) is 0 Å². The summed E-state index contributed by atoms with van der Waals surface area (Å²) in [6, 6.07) is 16.4. The molecule has 1 aliphatic carbocycles. The van der Waals surface area contributed by atoms with Crippen LogP contribution in [0.5, 0.6) is 0 Å². The van der Waals surface area contributed by atoms with Crippen molar-refractivity contribution in [3.8, 4) is 0 Å². The van der Waals surface area contributed by atoms with E-state index >= 15 is 0 Å². The van der Waals surface area contributed by atoms with Crippen LogP contribution in [-0.4, -0.2) is 20.7 Å². The number of hydrogen-bond acceptors (Lipinski definition) is 3. The fourth-order valence-electron chi connectivity index (χ4n) is 4.37. The lowest BCUT2D eigenvalue weighted by molar-refractivity contribution is -0.122. The van der Waals surface area contributed by atoms with Crippen molar-refractivity contribution < 1.29 is 4.79 Å². The van der Waals surface area contributed by atoms with Crippen LogP contribution in [0.15, 0.2) is 54.7 Å². The number of fused-ring (bicyclic) bond motifs is 1. The van der Waals surface area contributed by atoms with Crippen LogP contribution in [0.1, 0.15) is 60.9 Å². The van der Waals surface area contributed by atoms with Crippen LogP contribution >= 0.6 is 0 Å². The maximum Gasteiger partial charge on any atom is 0.220 e. The van der Waals surface area contributed by atoms with Gasteiger partial charge in [-0.2, -0.15) is 5.10 Å². The summed E-state index contributed by atoms with van der Waals surface area (Å²) in [4.78, 5) is 17.2. The molecule has 30 heavy (non-hydrogen) atoms. The average Bonchev–Trinajstić information content (AvgIpc) is 3.09. The topological polar surface area (TPSA) is 59.8 Å². The molecule has 1 aliphatic rings. The molecule has 1 aromatic carbocycles. The summed E-state index contributed by atoms with van der Waals surface area (Å²) in [6.07, 6.45) is 4.94. The Balaban J connectivity index is 1.47. The van der Waals surface area contributed by atoms with Gasteiger partial charge >= 0.3 is 0 Å². The zero-order valence-corrected chi connectivity index (χ0v) is 18.1. The number of hydrogen-bond donors (Lipinski definition) is 1. The minimum atomic E-state index is 0.00578. The molecule has 1 atom stereocenters. The number of rotatable bonds is 6. The van der Waals surface area contributed by atoms with E-state index in [9.17, 15) is 4.79 Å². The third-order valence-corrected chi connectivity index (χ3v) is 5.82. The first-order valence-electron chi connectivity index (χ1n) is 10.7. The molecule has 1 amide bonds. The van der Waals surface area contributed by atoms with Crippen molar-refractivity contribution in [2.45, 2.75) is 59.0 Å². The number of amides is 1. The van der Waals surface area contributed by atoms with Crippen molar-refractivity contribution >= 4 is 5.91 Å². The molecule has 0 radical (unpaired) electrons. The Hall–Kier alpha value is -2.95. The van der Waals surface area contributed by atoms with Crippen LogP contribution in [0.3, 0.4) is 0 Å². The van der Waals surface area contributed by atoms with Crippen LogP contribution in [0.4, 0.5) is 0 Å². The fourth-order valence-corrected chi connectivity index (χ4v) is 4.37. The van der Waals surface area contributed by atoms with E-state index in [1.54, 1.807) is 0 Å². The number of aryl methyl sites for hydroxylation is 2. The molecule has 1 N–H and O–H groups in total. The Morgan fingerprint density at radius 3 is 2.73 bits per heavy atom. The first kappa shape index (κ1) is 20.3. The van der Waals surface area contributed by atoms with E-state index in [1.807, 2.05) is 37.4 Å². The van der Waals surface area contributed by atoms with Crippen molar-refractivity contribution in [3.63, 3.8) is 0 Å². The van der Waals surface area contributed by atoms with E-state index in [0.717, 1.165) is 36.3 Å². The number of nitrogens with one attached hydrogen (secondary N) is 1. The molecule has 1 unspecified atom stereocenters. The van der Waals surface area contributed by atoms with E-state index in [2.05, 4.69) is 58.2 Å². The van der Waals surface area contributed by atoms with Gasteiger partial charge < -0.3 is 5.32 Å². The second kappa shape index (κ2) is 8.42. The molecule has 5 nitrogen and oxygen atoms in total. The van der Waals surface area contributed by atoms with Gasteiger partial charge in [0.15, 0.2) is 0 Å². The number of carbonyl (C=O) groups is 1. The third kappa shape index (κ3) is 4.78. The summed E-state index contributed by atoms with van der Waals surface area (Å²) < 4.78 is 2.10. The Labute approximate surface area is 178 Å². The molecule has 3 aromatic rings. The van der Waals surface area contributed by atoms with Crippen molar-refractivity contribution in [1.29, 1.82) is 0 Å². The van der Waals surface area contributed by atoms with Gasteiger partial charge in [0.1, 0.15) is 0 Å². The maximum absolute atomic E-state index is 12.7. The third-order valence-electron chi connectivity index (χ3n) is 5.82. The summed E-state index contributed by atoms with van der Waals surface area (Å²) in [5.41, 5.74) is 5.69. The number of pyridine rings is 1. The van der Waals surface area contributed by atoms with Crippen molar-refractivity contribution in [1.82, 2.24) is 20.1 Å². The molecule has 0 saturated carbocycles. The molecule has 2 aromatic heterocycles. The van der Waals surface area contributed by atoms with Crippen LogP contribution < -0.4 is 5.32 Å². The highest BCUT2D eigenvalue weighted by Gasteiger charge is 2.35. The van der Waals surface area contributed by atoms with E-state index in [-0.39, 0.29) is 17.4 Å². The number of carbonyl (C=O) groups excluding carboxylic acids is 1. The highest BCUT2D eigenvalue weighted by molar-refractivity contribution is 5.76. The monoisotopic (exact) mass is 402 g/mol. The Bertz CT molecular complexity index is 1020. The number of aromatic nitrogens is 3.